The van der Waals surface area contributed by atoms with Crippen LogP contribution in [0.25, 0.3) is 11.0 Å². The number of nitrogens with zero attached hydrogens (tertiary/aromatic N) is 1. The Morgan fingerprint density at radius 2 is 2.22 bits per heavy atom. The molecule has 0 aliphatic carbocycles. The van der Waals surface area contributed by atoms with Gasteiger partial charge in [0.1, 0.15) is 5.82 Å². The second-order valence-electron chi connectivity index (χ2n) is 5.75. The van der Waals surface area contributed by atoms with Crippen LogP contribution in [0.3, 0.4) is 0 Å². The molecule has 1 unspecified atom stereocenters. The van der Waals surface area contributed by atoms with Gasteiger partial charge in [0, 0.05) is 25.4 Å². The number of H-pyrrole nitrogens is 1. The molecule has 1 aliphatic heterocycles. The van der Waals surface area contributed by atoms with Crippen LogP contribution < -0.4 is 10.6 Å². The van der Waals surface area contributed by atoms with Crippen molar-refractivity contribution in [3.05, 3.63) is 29.6 Å². The van der Waals surface area contributed by atoms with Crippen molar-refractivity contribution in [2.24, 2.45) is 0 Å². The normalized spacial score (nSPS) is 16.7. The van der Waals surface area contributed by atoms with Crippen LogP contribution in [0.5, 0.6) is 0 Å². The molecule has 1 aromatic carbocycles. The number of para-hydroxylation sites is 1. The Morgan fingerprint density at radius 1 is 1.39 bits per heavy atom. The summed E-state index contributed by atoms with van der Waals surface area (Å²) in [7, 11) is 0. The number of hydrogen-bond acceptors (Lipinski definition) is 3. The van der Waals surface area contributed by atoms with Crippen molar-refractivity contribution in [3.63, 3.8) is 0 Å². The van der Waals surface area contributed by atoms with Gasteiger partial charge in [0.15, 0.2) is 0 Å². The van der Waals surface area contributed by atoms with Crippen molar-refractivity contribution in [2.45, 2.75) is 38.6 Å². The zero-order valence-corrected chi connectivity index (χ0v) is 14.9. The lowest BCUT2D eigenvalue weighted by Gasteiger charge is -2.10. The third kappa shape index (κ3) is 5.09. The van der Waals surface area contributed by atoms with Crippen molar-refractivity contribution >= 4 is 41.8 Å². The summed E-state index contributed by atoms with van der Waals surface area (Å²) in [5, 5.41) is 6.37. The molecule has 3 N–H and O–H groups in total. The monoisotopic (exact) mass is 358 g/mol. The fraction of sp³-hybridized carbons (Fsp3) is 0.500. The highest BCUT2D eigenvalue weighted by Crippen LogP contribution is 2.16. The van der Waals surface area contributed by atoms with Gasteiger partial charge in [0.25, 0.3) is 0 Å². The van der Waals surface area contributed by atoms with Gasteiger partial charge >= 0.3 is 0 Å². The minimum absolute atomic E-state index is 0. The lowest BCUT2D eigenvalue weighted by atomic mass is 10.2. The van der Waals surface area contributed by atoms with Crippen LogP contribution in [-0.4, -0.2) is 35.0 Å². The molecule has 1 amide bonds. The van der Waals surface area contributed by atoms with Gasteiger partial charge in [-0.15, -0.1) is 24.8 Å². The lowest BCUT2D eigenvalue weighted by molar-refractivity contribution is -0.121. The van der Waals surface area contributed by atoms with E-state index in [1.807, 2.05) is 25.1 Å². The summed E-state index contributed by atoms with van der Waals surface area (Å²) in [5.74, 6) is 0.981. The van der Waals surface area contributed by atoms with Crippen molar-refractivity contribution in [1.29, 1.82) is 0 Å². The van der Waals surface area contributed by atoms with Crippen LogP contribution >= 0.6 is 24.8 Å². The second-order valence-corrected chi connectivity index (χ2v) is 5.75. The average Bonchev–Trinajstić information content (AvgIpc) is 3.12. The topological polar surface area (TPSA) is 69.8 Å². The Bertz CT molecular complexity index is 638. The van der Waals surface area contributed by atoms with Crippen molar-refractivity contribution in [1.82, 2.24) is 20.6 Å². The molecule has 128 valence electrons. The molecule has 0 radical (unpaired) electrons. The second kappa shape index (κ2) is 9.11. The van der Waals surface area contributed by atoms with Crippen LogP contribution in [0.1, 0.15) is 30.7 Å². The van der Waals surface area contributed by atoms with E-state index >= 15 is 0 Å². The van der Waals surface area contributed by atoms with E-state index in [4.69, 9.17) is 0 Å². The predicted octanol–water partition coefficient (Wildman–Crippen LogP) is 2.52. The van der Waals surface area contributed by atoms with Crippen molar-refractivity contribution in [3.8, 4) is 0 Å². The van der Waals surface area contributed by atoms with Gasteiger partial charge in [0.2, 0.25) is 5.91 Å². The number of carbonyl (C=O) groups excluding carboxylic acids is 1. The molecule has 1 atom stereocenters. The molecule has 1 aromatic heterocycles. The number of carbonyl (C=O) groups is 1. The van der Waals surface area contributed by atoms with Gasteiger partial charge in [-0.25, -0.2) is 4.98 Å². The largest absolute Gasteiger partial charge is 0.355 e. The summed E-state index contributed by atoms with van der Waals surface area (Å²) in [4.78, 5) is 19.7. The fourth-order valence-electron chi connectivity index (χ4n) is 2.83. The maximum atomic E-state index is 11.9. The smallest absolute Gasteiger partial charge is 0.220 e. The molecule has 0 bridgehead atoms. The van der Waals surface area contributed by atoms with Crippen LogP contribution in [0, 0.1) is 6.92 Å². The van der Waals surface area contributed by atoms with E-state index in [1.54, 1.807) is 0 Å². The van der Waals surface area contributed by atoms with E-state index in [9.17, 15) is 4.79 Å². The van der Waals surface area contributed by atoms with E-state index in [0.29, 0.717) is 18.9 Å². The molecule has 3 rings (SSSR count). The zero-order valence-electron chi connectivity index (χ0n) is 13.2. The first-order chi connectivity index (χ1) is 10.2. The summed E-state index contributed by atoms with van der Waals surface area (Å²) >= 11 is 0. The van der Waals surface area contributed by atoms with Gasteiger partial charge in [-0.2, -0.15) is 0 Å². The van der Waals surface area contributed by atoms with Crippen molar-refractivity contribution < 1.29 is 4.79 Å². The van der Waals surface area contributed by atoms with Gasteiger partial charge in [0.05, 0.1) is 11.0 Å². The highest BCUT2D eigenvalue weighted by Gasteiger charge is 2.14. The van der Waals surface area contributed by atoms with Crippen LogP contribution in [-0.2, 0) is 11.2 Å². The summed E-state index contributed by atoms with van der Waals surface area (Å²) < 4.78 is 0. The molecule has 7 heteroatoms. The van der Waals surface area contributed by atoms with Gasteiger partial charge < -0.3 is 15.6 Å². The number of rotatable bonds is 5. The Kier molecular flexibility index (Phi) is 7.82. The maximum absolute atomic E-state index is 11.9. The molecule has 1 saturated heterocycles. The number of fused-ring (bicyclic) bond motifs is 1. The Morgan fingerprint density at radius 3 is 2.91 bits per heavy atom. The molecular formula is C16H24Cl2N4O. The van der Waals surface area contributed by atoms with Crippen molar-refractivity contribution in [2.75, 3.05) is 13.1 Å². The predicted molar refractivity (Wildman–Crippen MR) is 97.7 cm³/mol. The molecule has 2 aromatic rings. The Balaban J connectivity index is 0.00000132. The summed E-state index contributed by atoms with van der Waals surface area (Å²) in [6.45, 7) is 3.85. The average molecular weight is 359 g/mol. The first kappa shape index (κ1) is 19.7. The SMILES string of the molecule is Cc1cccc2[nH]c(CCC(=O)NCC3CCCN3)nc12.Cl.Cl. The maximum Gasteiger partial charge on any atom is 0.220 e. The molecule has 1 fully saturated rings. The molecular weight excluding hydrogens is 335 g/mol. The van der Waals surface area contributed by atoms with E-state index in [-0.39, 0.29) is 30.7 Å². The summed E-state index contributed by atoms with van der Waals surface area (Å²) in [6.07, 6.45) is 3.49. The van der Waals surface area contributed by atoms with Crippen LogP contribution in [0.4, 0.5) is 0 Å². The number of aryl methyl sites for hydroxylation is 2. The third-order valence-electron chi connectivity index (χ3n) is 4.06. The van der Waals surface area contributed by atoms with Crippen LogP contribution in [0.2, 0.25) is 0 Å². The highest BCUT2D eigenvalue weighted by atomic mass is 35.5. The fourth-order valence-corrected chi connectivity index (χ4v) is 2.83. The molecule has 0 saturated carbocycles. The Labute approximate surface area is 148 Å². The number of halogens is 2. The zero-order chi connectivity index (χ0) is 14.7. The van der Waals surface area contributed by atoms with Gasteiger partial charge in [-0.3, -0.25) is 4.79 Å². The summed E-state index contributed by atoms with van der Waals surface area (Å²) in [6, 6.07) is 6.53. The number of hydrogen-bond donors (Lipinski definition) is 3. The number of benzene rings is 1. The van der Waals surface area contributed by atoms with E-state index < -0.39 is 0 Å². The Hall–Kier alpha value is -1.30. The standard InChI is InChI=1S/C16H22N4O.2ClH/c1-11-4-2-6-13-16(11)20-14(19-13)7-8-15(21)18-10-12-5-3-9-17-12;;/h2,4,6,12,17H,3,5,7-10H2,1H3,(H,18,21)(H,19,20);2*1H. The number of aromatic amines is 1. The summed E-state index contributed by atoms with van der Waals surface area (Å²) in [5.41, 5.74) is 3.20. The minimum Gasteiger partial charge on any atom is -0.355 e. The molecule has 0 spiro atoms. The third-order valence-corrected chi connectivity index (χ3v) is 4.06. The number of imidazole rings is 1. The first-order valence-electron chi connectivity index (χ1n) is 7.66. The number of nitrogens with one attached hydrogen (secondary N) is 3. The van der Waals surface area contributed by atoms with E-state index in [0.717, 1.165) is 41.9 Å². The van der Waals surface area contributed by atoms with E-state index in [2.05, 4.69) is 20.6 Å². The first-order valence-corrected chi connectivity index (χ1v) is 7.66. The number of aromatic nitrogens is 2. The van der Waals surface area contributed by atoms with E-state index in [1.165, 1.54) is 6.42 Å². The van der Waals surface area contributed by atoms with Gasteiger partial charge in [-0.1, -0.05) is 12.1 Å². The highest BCUT2D eigenvalue weighted by molar-refractivity contribution is 5.85. The minimum atomic E-state index is 0. The molecule has 5 nitrogen and oxygen atoms in total. The number of amides is 1. The molecule has 23 heavy (non-hydrogen) atoms. The van der Waals surface area contributed by atoms with Crippen LogP contribution in [0.15, 0.2) is 18.2 Å². The van der Waals surface area contributed by atoms with Gasteiger partial charge in [-0.05, 0) is 37.9 Å². The quantitative estimate of drug-likeness (QED) is 0.768. The lowest BCUT2D eigenvalue weighted by Crippen LogP contribution is -2.37. The molecule has 2 heterocycles. The molecule has 1 aliphatic rings.